The minimum Gasteiger partial charge on any atom is -0.528 e. The van der Waals surface area contributed by atoms with Crippen LogP contribution in [0.5, 0.6) is 11.5 Å². The number of methoxy groups -OCH3 is 2. The highest BCUT2D eigenvalue weighted by molar-refractivity contribution is 6.20. The van der Waals surface area contributed by atoms with Crippen LogP contribution in [0.15, 0.2) is 48.5 Å². The molecule has 0 saturated heterocycles. The fraction of sp³-hybridized carbons (Fsp3) is 0.125. The molecule has 23 heavy (non-hydrogen) atoms. The Labute approximate surface area is 134 Å². The first kappa shape index (κ1) is 16.4. The molecule has 0 atom stereocenters. The van der Waals surface area contributed by atoms with Crippen LogP contribution in [0.2, 0.25) is 0 Å². The van der Waals surface area contributed by atoms with E-state index in [1.807, 2.05) is 0 Å². The minimum atomic E-state index is -0.442. The number of esters is 2. The molecule has 118 valence electrons. The molecule has 0 N–H and O–H groups in total. The van der Waals surface area contributed by atoms with Gasteiger partial charge < -0.3 is 18.8 Å². The Morgan fingerprint density at radius 3 is 1.61 bits per heavy atom. The summed E-state index contributed by atoms with van der Waals surface area (Å²) < 4.78 is 20.1. The van der Waals surface area contributed by atoms with Crippen molar-refractivity contribution in [2.75, 3.05) is 14.2 Å². The van der Waals surface area contributed by atoms with Crippen molar-refractivity contribution >= 4 is 19.6 Å². The Morgan fingerprint density at radius 1 is 0.783 bits per heavy atom. The fourth-order valence-electron chi connectivity index (χ4n) is 1.83. The summed E-state index contributed by atoms with van der Waals surface area (Å²) in [7, 11) is 2.55. The summed E-state index contributed by atoms with van der Waals surface area (Å²) in [4.78, 5) is 22.9. The van der Waals surface area contributed by atoms with Crippen LogP contribution in [0.1, 0.15) is 20.7 Å². The van der Waals surface area contributed by atoms with Gasteiger partial charge in [-0.1, -0.05) is 12.1 Å². The van der Waals surface area contributed by atoms with Crippen LogP contribution in [-0.4, -0.2) is 33.8 Å². The van der Waals surface area contributed by atoms with Crippen LogP contribution < -0.4 is 9.31 Å². The van der Waals surface area contributed by atoms with E-state index in [1.54, 1.807) is 48.5 Å². The topological polar surface area (TPSA) is 71.1 Å². The van der Waals surface area contributed by atoms with Gasteiger partial charge in [-0.15, -0.1) is 0 Å². The van der Waals surface area contributed by atoms with E-state index in [0.29, 0.717) is 22.6 Å². The van der Waals surface area contributed by atoms with Crippen LogP contribution in [-0.2, 0) is 9.47 Å². The summed E-state index contributed by atoms with van der Waals surface area (Å²) in [6.45, 7) is 0. The van der Waals surface area contributed by atoms with Gasteiger partial charge in [-0.2, -0.15) is 0 Å². The van der Waals surface area contributed by atoms with Crippen LogP contribution in [0.4, 0.5) is 0 Å². The van der Waals surface area contributed by atoms with Crippen LogP contribution in [0, 0.1) is 0 Å². The van der Waals surface area contributed by atoms with E-state index in [-0.39, 0.29) is 7.69 Å². The Hall–Kier alpha value is -2.96. The molecule has 2 aromatic rings. The van der Waals surface area contributed by atoms with Crippen molar-refractivity contribution in [3.63, 3.8) is 0 Å². The smallest absolute Gasteiger partial charge is 0.528 e. The van der Waals surface area contributed by atoms with Crippen molar-refractivity contribution < 1.29 is 28.4 Å². The van der Waals surface area contributed by atoms with E-state index in [0.717, 1.165) is 0 Å². The van der Waals surface area contributed by atoms with Crippen molar-refractivity contribution in [1.82, 2.24) is 0 Å². The third-order valence-electron chi connectivity index (χ3n) is 2.96. The summed E-state index contributed by atoms with van der Waals surface area (Å²) in [5.74, 6) is 0.0540. The summed E-state index contributed by atoms with van der Waals surface area (Å²) in [5.41, 5.74) is 0.773. The number of rotatable bonds is 6. The SMILES string of the molecule is COC(=O)c1cccc(OBOc2cccc(C(=O)OC)c2)c1. The van der Waals surface area contributed by atoms with Gasteiger partial charge in [0.05, 0.1) is 25.3 Å². The maximum Gasteiger partial charge on any atom is 0.576 e. The quantitative estimate of drug-likeness (QED) is 0.600. The van der Waals surface area contributed by atoms with Gasteiger partial charge >= 0.3 is 19.6 Å². The molecule has 0 spiro atoms. The van der Waals surface area contributed by atoms with E-state index in [4.69, 9.17) is 9.31 Å². The summed E-state index contributed by atoms with van der Waals surface area (Å²) >= 11 is 0. The predicted molar refractivity (Wildman–Crippen MR) is 84.0 cm³/mol. The van der Waals surface area contributed by atoms with Gasteiger partial charge in [-0.05, 0) is 36.4 Å². The largest absolute Gasteiger partial charge is 0.576 e. The average Bonchev–Trinajstić information content (AvgIpc) is 2.61. The molecule has 0 radical (unpaired) electrons. The highest BCUT2D eigenvalue weighted by Gasteiger charge is 2.09. The van der Waals surface area contributed by atoms with Crippen molar-refractivity contribution in [2.45, 2.75) is 0 Å². The lowest BCUT2D eigenvalue weighted by Crippen LogP contribution is -2.12. The molecular formula is C16H15BO6. The molecule has 6 nitrogen and oxygen atoms in total. The van der Waals surface area contributed by atoms with Gasteiger partial charge in [0.2, 0.25) is 0 Å². The zero-order chi connectivity index (χ0) is 16.7. The molecule has 7 heteroatoms. The van der Waals surface area contributed by atoms with Crippen LogP contribution >= 0.6 is 0 Å². The second-order valence-electron chi connectivity index (χ2n) is 4.45. The zero-order valence-corrected chi connectivity index (χ0v) is 12.8. The highest BCUT2D eigenvalue weighted by atomic mass is 16.6. The monoisotopic (exact) mass is 314 g/mol. The van der Waals surface area contributed by atoms with Gasteiger partial charge in [0, 0.05) is 0 Å². The molecular weight excluding hydrogens is 299 g/mol. The van der Waals surface area contributed by atoms with E-state index >= 15 is 0 Å². The van der Waals surface area contributed by atoms with Crippen molar-refractivity contribution in [2.24, 2.45) is 0 Å². The lowest BCUT2D eigenvalue weighted by molar-refractivity contribution is 0.0591. The maximum absolute atomic E-state index is 11.4. The lowest BCUT2D eigenvalue weighted by atomic mass is 10.2. The van der Waals surface area contributed by atoms with Gasteiger partial charge in [-0.25, -0.2) is 9.59 Å². The predicted octanol–water partition coefficient (Wildman–Crippen LogP) is 1.98. The zero-order valence-electron chi connectivity index (χ0n) is 12.8. The number of benzene rings is 2. The van der Waals surface area contributed by atoms with Crippen molar-refractivity contribution in [3.05, 3.63) is 59.7 Å². The third kappa shape index (κ3) is 4.51. The molecule has 0 bridgehead atoms. The summed E-state index contributed by atoms with van der Waals surface area (Å²) in [5, 5.41) is 0. The number of hydrogen-bond donors (Lipinski definition) is 0. The first-order valence-electron chi connectivity index (χ1n) is 6.76. The first-order valence-corrected chi connectivity index (χ1v) is 6.76. The Bertz CT molecular complexity index is 641. The molecule has 0 fully saturated rings. The molecule has 0 aromatic heterocycles. The number of carbonyl (C=O) groups is 2. The molecule has 0 aliphatic rings. The summed E-state index contributed by atoms with van der Waals surface area (Å²) in [6.07, 6.45) is 0. The molecule has 0 heterocycles. The number of carbonyl (C=O) groups excluding carboxylic acids is 2. The molecule has 2 aromatic carbocycles. The number of hydrogen-bond acceptors (Lipinski definition) is 6. The van der Waals surface area contributed by atoms with Crippen molar-refractivity contribution in [1.29, 1.82) is 0 Å². The molecule has 0 saturated carbocycles. The standard InChI is InChI=1S/C16H15BO6/c1-20-15(18)11-5-3-7-13(9-11)22-17-23-14-8-4-6-12(10-14)16(19)21-2/h3-10,17H,1-2H3. The van der Waals surface area contributed by atoms with E-state index in [2.05, 4.69) is 9.47 Å². The Morgan fingerprint density at radius 2 is 1.22 bits per heavy atom. The van der Waals surface area contributed by atoms with E-state index in [9.17, 15) is 9.59 Å². The normalized spacial score (nSPS) is 9.65. The van der Waals surface area contributed by atoms with Gasteiger partial charge in [0.1, 0.15) is 11.5 Å². The molecule has 0 unspecified atom stereocenters. The number of ether oxygens (including phenoxy) is 2. The maximum atomic E-state index is 11.4. The third-order valence-corrected chi connectivity index (χ3v) is 2.96. The van der Waals surface area contributed by atoms with E-state index < -0.39 is 11.9 Å². The van der Waals surface area contributed by atoms with Crippen LogP contribution in [0.3, 0.4) is 0 Å². The second kappa shape index (κ2) is 7.88. The van der Waals surface area contributed by atoms with Crippen LogP contribution in [0.25, 0.3) is 0 Å². The lowest BCUT2D eigenvalue weighted by Gasteiger charge is -2.09. The Kier molecular flexibility index (Phi) is 5.63. The molecule has 0 aliphatic carbocycles. The molecule has 0 aliphatic heterocycles. The molecule has 2 rings (SSSR count). The fourth-order valence-corrected chi connectivity index (χ4v) is 1.83. The van der Waals surface area contributed by atoms with E-state index in [1.165, 1.54) is 14.2 Å². The second-order valence-corrected chi connectivity index (χ2v) is 4.45. The molecule has 0 amide bonds. The highest BCUT2D eigenvalue weighted by Crippen LogP contribution is 2.16. The van der Waals surface area contributed by atoms with Crippen molar-refractivity contribution in [3.8, 4) is 11.5 Å². The van der Waals surface area contributed by atoms with Gasteiger partial charge in [0.15, 0.2) is 0 Å². The van der Waals surface area contributed by atoms with Gasteiger partial charge in [-0.3, -0.25) is 0 Å². The first-order chi connectivity index (χ1) is 11.1. The Balaban J connectivity index is 1.95. The van der Waals surface area contributed by atoms with Gasteiger partial charge in [0.25, 0.3) is 0 Å². The minimum absolute atomic E-state index is 0.0742. The summed E-state index contributed by atoms with van der Waals surface area (Å²) in [6, 6.07) is 13.1. The average molecular weight is 314 g/mol.